The van der Waals surface area contributed by atoms with Crippen molar-refractivity contribution in [2.45, 2.75) is 104 Å². The molecule has 14 heteroatoms. The van der Waals surface area contributed by atoms with Gasteiger partial charge in [-0.2, -0.15) is 8.93 Å². The zero-order valence-corrected chi connectivity index (χ0v) is 36.2. The molecule has 1 saturated heterocycles. The number of aromatic nitrogens is 2. The molecule has 9 nitrogen and oxygen atoms in total. The lowest BCUT2D eigenvalue weighted by atomic mass is 9.93. The maximum Gasteiger partial charge on any atom is 0.205 e. The van der Waals surface area contributed by atoms with E-state index in [2.05, 4.69) is 77.8 Å². The van der Waals surface area contributed by atoms with Crippen LogP contribution >= 0.6 is 15.9 Å². The summed E-state index contributed by atoms with van der Waals surface area (Å²) < 4.78 is 51.7. The highest BCUT2D eigenvalue weighted by atomic mass is 79.9. The summed E-state index contributed by atoms with van der Waals surface area (Å²) in [7, 11) is -6.26. The molecule has 3 aromatic rings. The van der Waals surface area contributed by atoms with E-state index in [9.17, 15) is 12.6 Å². The molecule has 0 saturated carbocycles. The van der Waals surface area contributed by atoms with Crippen LogP contribution in [0.1, 0.15) is 85.5 Å². The van der Waals surface area contributed by atoms with Crippen molar-refractivity contribution in [1.29, 1.82) is 4.78 Å². The Balaban J connectivity index is -0.000000147. The summed E-state index contributed by atoms with van der Waals surface area (Å²) in [5.41, 5.74) is 6.44. The summed E-state index contributed by atoms with van der Waals surface area (Å²) in [4.78, 5) is 4.13. The van der Waals surface area contributed by atoms with E-state index in [-0.39, 0.29) is 60.2 Å². The number of hydrogen-bond donors (Lipinski definition) is 2. The summed E-state index contributed by atoms with van der Waals surface area (Å²) in [6.45, 7) is 14.2. The van der Waals surface area contributed by atoms with Crippen LogP contribution in [0.15, 0.2) is 68.1 Å². The molecular weight excluding hydrogens is 856 g/mol. The Hall–Kier alpha value is -1.71. The van der Waals surface area contributed by atoms with E-state index in [1.165, 1.54) is 23.6 Å². The molecule has 0 amide bonds. The van der Waals surface area contributed by atoms with Gasteiger partial charge >= 0.3 is 0 Å². The Kier molecular flexibility index (Phi) is 34.2. The molecule has 4 rings (SSSR count). The Bertz CT molecular complexity index is 1800. The van der Waals surface area contributed by atoms with Gasteiger partial charge in [-0.25, -0.2) is 8.57 Å². The predicted octanol–water partition coefficient (Wildman–Crippen LogP) is 7.04. The minimum absolute atomic E-state index is 0. The van der Waals surface area contributed by atoms with Gasteiger partial charge < -0.3 is 22.3 Å². The standard InChI is InChI=1S/C16H21N2OS.C9H20N2OS.C7H8BrN.C2H7NOS.5CH4.BrH/c1-13-10-16(17-20(3,4)19)14(2)18(11-13)12-15-8-6-5-7-9-15;1-7-5-9(8(2)10-6-7)11-13(3,4)12;1-5-3-7(8)6(2)9-4-5;1-5(2,3)4;;;;;;/h5-11H,12H2,1-4H3;7-10H,5-6H2,1-4H3;3-4H,1-2H3;3H,1-2H3;5*1H4;1H/q+1;;;;;;;;;/p-1. The van der Waals surface area contributed by atoms with E-state index in [4.69, 9.17) is 4.78 Å². The average molecular weight is 933 g/mol. The topological polar surface area (TPSA) is 129 Å². The molecular formula is C39H76Br2N6O3S3. The van der Waals surface area contributed by atoms with Crippen molar-refractivity contribution in [2.75, 3.05) is 44.1 Å². The summed E-state index contributed by atoms with van der Waals surface area (Å²) in [5.74, 6) is 0.645. The number of halogens is 2. The van der Waals surface area contributed by atoms with Gasteiger partial charge in [-0.3, -0.25) is 18.2 Å². The highest BCUT2D eigenvalue weighted by Gasteiger charge is 2.25. The Labute approximate surface area is 347 Å². The highest BCUT2D eigenvalue weighted by molar-refractivity contribution is 9.10. The summed E-state index contributed by atoms with van der Waals surface area (Å²) in [6, 6.07) is 15.0. The second kappa shape index (κ2) is 28.7. The fourth-order valence-corrected chi connectivity index (χ4v) is 6.45. The lowest BCUT2D eigenvalue weighted by molar-refractivity contribution is -0.694. The minimum Gasteiger partial charge on any atom is -1.00 e. The number of hydrogen-bond acceptors (Lipinski definition) is 8. The summed E-state index contributed by atoms with van der Waals surface area (Å²) >= 11 is 3.38. The zero-order chi connectivity index (χ0) is 36.2. The third-order valence-corrected chi connectivity index (χ3v) is 8.82. The molecule has 0 bridgehead atoms. The second-order valence-corrected chi connectivity index (χ2v) is 21.5. The van der Waals surface area contributed by atoms with E-state index in [0.29, 0.717) is 12.0 Å². The number of pyridine rings is 2. The smallest absolute Gasteiger partial charge is 0.205 e. The third-order valence-electron chi connectivity index (χ3n) is 6.60. The fraction of sp³-hybridized carbons (Fsp3) is 0.590. The largest absolute Gasteiger partial charge is 1.00 e. The van der Waals surface area contributed by atoms with Gasteiger partial charge in [-0.1, -0.05) is 74.4 Å². The normalized spacial score (nSPS) is 15.8. The van der Waals surface area contributed by atoms with Gasteiger partial charge in [-0.05, 0) is 80.2 Å². The van der Waals surface area contributed by atoms with Crippen molar-refractivity contribution >= 4 is 50.8 Å². The van der Waals surface area contributed by atoms with Gasteiger partial charge in [0.1, 0.15) is 5.69 Å². The van der Waals surface area contributed by atoms with Crippen molar-refractivity contribution in [1.82, 2.24) is 10.3 Å². The van der Waals surface area contributed by atoms with Crippen molar-refractivity contribution < 1.29 is 34.2 Å². The maximum absolute atomic E-state index is 11.9. The first-order chi connectivity index (χ1) is 21.4. The van der Waals surface area contributed by atoms with Gasteiger partial charge in [-0.15, -0.1) is 0 Å². The van der Waals surface area contributed by atoms with Gasteiger partial charge in [0.05, 0.1) is 11.7 Å². The van der Waals surface area contributed by atoms with E-state index in [1.807, 2.05) is 58.2 Å². The Morgan fingerprint density at radius 2 is 1.38 bits per heavy atom. The van der Waals surface area contributed by atoms with E-state index in [0.717, 1.165) is 46.6 Å². The first kappa shape index (κ1) is 63.2. The first-order valence-electron chi connectivity index (χ1n) is 15.3. The molecule has 2 N–H and O–H groups in total. The van der Waals surface area contributed by atoms with Crippen LogP contribution in [0.4, 0.5) is 5.69 Å². The molecule has 1 fully saturated rings. The predicted molar refractivity (Wildman–Crippen MR) is 239 cm³/mol. The SMILES string of the molecule is C.C.C.C.C.CC1CNC(C)C(N=S(C)(C)=O)C1.CS(C)(=N)=O.Cc1cc(N=S(C)(C)=O)c(C)[n+](Cc2ccccc2)c1.Cc1cnc(C)c(Br)c1.[Br-]. The van der Waals surface area contributed by atoms with Crippen LogP contribution in [0.3, 0.4) is 0 Å². The van der Waals surface area contributed by atoms with Crippen LogP contribution in [0, 0.1) is 38.4 Å². The Morgan fingerprint density at radius 3 is 1.81 bits per heavy atom. The number of rotatable bonds is 4. The summed E-state index contributed by atoms with van der Waals surface area (Å²) in [6.07, 6.45) is 14.5. The first-order valence-corrected chi connectivity index (χ1v) is 23.2. The minimum atomic E-state index is -2.17. The van der Waals surface area contributed by atoms with Crippen LogP contribution in [-0.2, 0) is 35.7 Å². The van der Waals surface area contributed by atoms with Crippen molar-refractivity contribution in [2.24, 2.45) is 14.6 Å². The number of aryl methyl sites for hydroxylation is 3. The maximum atomic E-state index is 11.9. The van der Waals surface area contributed by atoms with Crippen LogP contribution in [-0.4, -0.2) is 73.8 Å². The van der Waals surface area contributed by atoms with Gasteiger partial charge in [0.2, 0.25) is 5.69 Å². The average Bonchev–Trinajstić information content (AvgIpc) is 2.90. The van der Waals surface area contributed by atoms with E-state index < -0.39 is 29.2 Å². The van der Waals surface area contributed by atoms with E-state index in [1.54, 1.807) is 25.0 Å². The molecule has 1 aliphatic heterocycles. The quantitative estimate of drug-likeness (QED) is 0.272. The van der Waals surface area contributed by atoms with Crippen LogP contribution in [0.25, 0.3) is 0 Å². The van der Waals surface area contributed by atoms with Crippen LogP contribution in [0.2, 0.25) is 0 Å². The fourth-order valence-electron chi connectivity index (χ4n) is 4.41. The number of piperidine rings is 1. The third kappa shape index (κ3) is 30.2. The molecule has 0 spiro atoms. The number of nitrogens with one attached hydrogen (secondary N) is 2. The molecule has 0 radical (unpaired) electrons. The Morgan fingerprint density at radius 1 is 0.868 bits per heavy atom. The van der Waals surface area contributed by atoms with Gasteiger partial charge in [0, 0.05) is 101 Å². The van der Waals surface area contributed by atoms with Gasteiger partial charge in [0.25, 0.3) is 0 Å². The monoisotopic (exact) mass is 930 g/mol. The number of benzene rings is 1. The zero-order valence-electron chi connectivity index (χ0n) is 30.5. The molecule has 0 aliphatic carbocycles. The van der Waals surface area contributed by atoms with Crippen LogP contribution in [0.5, 0.6) is 0 Å². The molecule has 3 heterocycles. The highest BCUT2D eigenvalue weighted by Crippen LogP contribution is 2.19. The lowest BCUT2D eigenvalue weighted by Crippen LogP contribution is -3.00. The molecule has 3 unspecified atom stereocenters. The van der Waals surface area contributed by atoms with Crippen molar-refractivity contribution in [3.63, 3.8) is 0 Å². The van der Waals surface area contributed by atoms with Crippen LogP contribution < -0.4 is 26.9 Å². The van der Waals surface area contributed by atoms with E-state index >= 15 is 0 Å². The molecule has 2 aromatic heterocycles. The number of nitrogens with zero attached hydrogens (tertiary/aromatic N) is 4. The van der Waals surface area contributed by atoms with Crippen molar-refractivity contribution in [3.05, 3.63) is 87.4 Å². The lowest BCUT2D eigenvalue weighted by Gasteiger charge is -2.31. The molecule has 312 valence electrons. The van der Waals surface area contributed by atoms with Crippen molar-refractivity contribution in [3.8, 4) is 0 Å². The van der Waals surface area contributed by atoms with Gasteiger partial charge in [0.15, 0.2) is 12.7 Å². The molecule has 53 heavy (non-hydrogen) atoms. The molecule has 1 aliphatic rings. The summed E-state index contributed by atoms with van der Waals surface area (Å²) in [5, 5.41) is 3.39. The molecule has 3 atom stereocenters. The second-order valence-electron chi connectivity index (χ2n) is 13.1. The molecule has 1 aromatic carbocycles.